The number of nitrogens with one attached hydrogen (secondary N) is 2. The van der Waals surface area contributed by atoms with Gasteiger partial charge in [0, 0.05) is 31.7 Å². The van der Waals surface area contributed by atoms with Crippen LogP contribution in [-0.4, -0.2) is 53.2 Å². The Hall–Kier alpha value is -2.27. The predicted molar refractivity (Wildman–Crippen MR) is 111 cm³/mol. The topological polar surface area (TPSA) is 113 Å². The molecule has 8 nitrogen and oxygen atoms in total. The van der Waals surface area contributed by atoms with Gasteiger partial charge in [0.15, 0.2) is 0 Å². The van der Waals surface area contributed by atoms with Crippen molar-refractivity contribution in [2.75, 3.05) is 26.2 Å². The molecule has 2 N–H and O–H groups in total. The number of carbonyl (C=O) groups excluding carboxylic acids is 1. The van der Waals surface area contributed by atoms with Crippen LogP contribution in [0.25, 0.3) is 0 Å². The lowest BCUT2D eigenvalue weighted by Gasteiger charge is -2.18. The van der Waals surface area contributed by atoms with Gasteiger partial charge in [-0.05, 0) is 36.4 Å². The van der Waals surface area contributed by atoms with Crippen molar-refractivity contribution in [1.82, 2.24) is 14.3 Å². The monoisotopic (exact) mass is 439 g/mol. The molecule has 0 saturated carbocycles. The van der Waals surface area contributed by atoms with E-state index in [-0.39, 0.29) is 28.8 Å². The number of benzene rings is 2. The van der Waals surface area contributed by atoms with E-state index in [0.717, 1.165) is 0 Å². The van der Waals surface area contributed by atoms with E-state index in [9.17, 15) is 21.6 Å². The van der Waals surface area contributed by atoms with Crippen molar-refractivity contribution in [3.63, 3.8) is 0 Å². The van der Waals surface area contributed by atoms with Crippen molar-refractivity contribution in [3.8, 4) is 0 Å². The molecule has 158 valence electrons. The van der Waals surface area contributed by atoms with Gasteiger partial charge in [-0.2, -0.15) is 4.31 Å². The molecule has 0 saturated heterocycles. The third-order valence-corrected chi connectivity index (χ3v) is 7.76. The molecule has 2 rings (SSSR count). The van der Waals surface area contributed by atoms with Crippen molar-refractivity contribution in [2.24, 2.45) is 0 Å². The summed E-state index contributed by atoms with van der Waals surface area (Å²) in [7, 11) is -7.48. The van der Waals surface area contributed by atoms with Crippen LogP contribution >= 0.6 is 0 Å². The van der Waals surface area contributed by atoms with Gasteiger partial charge in [-0.3, -0.25) is 4.79 Å². The lowest BCUT2D eigenvalue weighted by molar-refractivity contribution is 0.0954. The molecule has 0 radical (unpaired) electrons. The Morgan fingerprint density at radius 2 is 1.38 bits per heavy atom. The number of sulfonamides is 2. The van der Waals surface area contributed by atoms with Gasteiger partial charge in [0.2, 0.25) is 20.0 Å². The first-order valence-corrected chi connectivity index (χ1v) is 12.1. The Bertz CT molecular complexity index is 1020. The second-order valence-corrected chi connectivity index (χ2v) is 9.79. The SMILES string of the molecule is CCN(CC)S(=O)(=O)c1ccc(S(=O)(=O)NCCNC(=O)c2ccccc2)cc1. The van der Waals surface area contributed by atoms with E-state index in [0.29, 0.717) is 18.7 Å². The maximum absolute atomic E-state index is 12.5. The molecule has 0 aromatic heterocycles. The fraction of sp³-hybridized carbons (Fsp3) is 0.316. The highest BCUT2D eigenvalue weighted by atomic mass is 32.2. The second-order valence-electron chi connectivity index (χ2n) is 6.08. The van der Waals surface area contributed by atoms with Crippen LogP contribution in [0.4, 0.5) is 0 Å². The highest BCUT2D eigenvalue weighted by Crippen LogP contribution is 2.18. The summed E-state index contributed by atoms with van der Waals surface area (Å²) < 4.78 is 53.4. The largest absolute Gasteiger partial charge is 0.351 e. The summed E-state index contributed by atoms with van der Waals surface area (Å²) in [5.74, 6) is -0.296. The normalized spacial score (nSPS) is 12.1. The molecule has 0 aliphatic carbocycles. The molecular formula is C19H25N3O5S2. The fourth-order valence-electron chi connectivity index (χ4n) is 2.64. The lowest BCUT2D eigenvalue weighted by Crippen LogP contribution is -2.34. The highest BCUT2D eigenvalue weighted by Gasteiger charge is 2.22. The third-order valence-electron chi connectivity index (χ3n) is 4.22. The Balaban J connectivity index is 1.96. The van der Waals surface area contributed by atoms with Gasteiger partial charge in [0.05, 0.1) is 9.79 Å². The molecule has 0 aliphatic rings. The molecule has 0 fully saturated rings. The van der Waals surface area contributed by atoms with Gasteiger partial charge < -0.3 is 5.32 Å². The minimum Gasteiger partial charge on any atom is -0.351 e. The fourth-order valence-corrected chi connectivity index (χ4v) is 5.13. The third kappa shape index (κ3) is 5.86. The summed E-state index contributed by atoms with van der Waals surface area (Å²) in [6, 6.07) is 13.6. The van der Waals surface area contributed by atoms with Crippen molar-refractivity contribution in [2.45, 2.75) is 23.6 Å². The molecule has 0 aliphatic heterocycles. The van der Waals surface area contributed by atoms with Crippen molar-refractivity contribution < 1.29 is 21.6 Å². The van der Waals surface area contributed by atoms with E-state index in [2.05, 4.69) is 10.0 Å². The van der Waals surface area contributed by atoms with Gasteiger partial charge in [0.25, 0.3) is 5.91 Å². The molecule has 2 aromatic carbocycles. The molecule has 2 aromatic rings. The maximum atomic E-state index is 12.5. The van der Waals surface area contributed by atoms with Gasteiger partial charge in [0.1, 0.15) is 0 Å². The number of hydrogen-bond donors (Lipinski definition) is 2. The van der Waals surface area contributed by atoms with Crippen LogP contribution in [-0.2, 0) is 20.0 Å². The van der Waals surface area contributed by atoms with E-state index in [1.54, 1.807) is 44.2 Å². The first kappa shape index (κ1) is 23.0. The Morgan fingerprint density at radius 1 is 0.828 bits per heavy atom. The minimum atomic E-state index is -3.83. The van der Waals surface area contributed by atoms with Crippen LogP contribution in [0, 0.1) is 0 Å². The van der Waals surface area contributed by atoms with Crippen LogP contribution in [0.3, 0.4) is 0 Å². The standard InChI is InChI=1S/C19H25N3O5S2/c1-3-22(4-2)29(26,27)18-12-10-17(11-13-18)28(24,25)21-15-14-20-19(23)16-8-6-5-7-9-16/h5-13,21H,3-4,14-15H2,1-2H3,(H,20,23). The van der Waals surface area contributed by atoms with Gasteiger partial charge >= 0.3 is 0 Å². The second kappa shape index (κ2) is 9.97. The number of hydrogen-bond acceptors (Lipinski definition) is 5. The number of carbonyl (C=O) groups is 1. The highest BCUT2D eigenvalue weighted by molar-refractivity contribution is 7.89. The molecule has 0 unspecified atom stereocenters. The molecule has 1 amide bonds. The molecule has 29 heavy (non-hydrogen) atoms. The molecule has 0 heterocycles. The van der Waals surface area contributed by atoms with Crippen molar-refractivity contribution in [3.05, 3.63) is 60.2 Å². The smallest absolute Gasteiger partial charge is 0.251 e. The zero-order valence-corrected chi connectivity index (χ0v) is 18.0. The first-order chi connectivity index (χ1) is 13.7. The van der Waals surface area contributed by atoms with Crippen molar-refractivity contribution in [1.29, 1.82) is 0 Å². The van der Waals surface area contributed by atoms with Crippen LogP contribution in [0.15, 0.2) is 64.4 Å². The van der Waals surface area contributed by atoms with E-state index < -0.39 is 20.0 Å². The zero-order valence-electron chi connectivity index (χ0n) is 16.3. The molecule has 0 bridgehead atoms. The average Bonchev–Trinajstić information content (AvgIpc) is 2.72. The number of nitrogens with zero attached hydrogens (tertiary/aromatic N) is 1. The van der Waals surface area contributed by atoms with Crippen molar-refractivity contribution >= 4 is 26.0 Å². The summed E-state index contributed by atoms with van der Waals surface area (Å²) in [6.07, 6.45) is 0. The Kier molecular flexibility index (Phi) is 7.91. The van der Waals surface area contributed by atoms with Gasteiger partial charge in [-0.25, -0.2) is 21.6 Å². The minimum absolute atomic E-state index is 0.000401. The molecule has 10 heteroatoms. The maximum Gasteiger partial charge on any atom is 0.251 e. The zero-order chi connectivity index (χ0) is 21.5. The number of rotatable bonds is 10. The van der Waals surface area contributed by atoms with E-state index in [1.165, 1.54) is 28.6 Å². The van der Waals surface area contributed by atoms with Gasteiger partial charge in [-0.1, -0.05) is 32.0 Å². The predicted octanol–water partition coefficient (Wildman–Crippen LogP) is 1.43. The van der Waals surface area contributed by atoms with E-state index >= 15 is 0 Å². The quantitative estimate of drug-likeness (QED) is 0.544. The first-order valence-electron chi connectivity index (χ1n) is 9.15. The summed E-state index contributed by atoms with van der Waals surface area (Å²) in [5, 5.41) is 2.63. The molecule has 0 atom stereocenters. The number of amides is 1. The Morgan fingerprint density at radius 3 is 1.93 bits per heavy atom. The summed E-state index contributed by atoms with van der Waals surface area (Å²) >= 11 is 0. The molecule has 0 spiro atoms. The van der Waals surface area contributed by atoms with Crippen LogP contribution in [0.2, 0.25) is 0 Å². The summed E-state index contributed by atoms with van der Waals surface area (Å²) in [4.78, 5) is 11.9. The van der Waals surface area contributed by atoms with Crippen LogP contribution in [0.1, 0.15) is 24.2 Å². The Labute approximate surface area is 172 Å². The lowest BCUT2D eigenvalue weighted by atomic mass is 10.2. The van der Waals surface area contributed by atoms with E-state index in [1.807, 2.05) is 0 Å². The van der Waals surface area contributed by atoms with Crippen LogP contribution in [0.5, 0.6) is 0 Å². The van der Waals surface area contributed by atoms with Crippen LogP contribution < -0.4 is 10.0 Å². The summed E-state index contributed by atoms with van der Waals surface area (Å²) in [5.41, 5.74) is 0.486. The average molecular weight is 440 g/mol. The summed E-state index contributed by atoms with van der Waals surface area (Å²) in [6.45, 7) is 4.24. The van der Waals surface area contributed by atoms with Gasteiger partial charge in [-0.15, -0.1) is 0 Å². The molecular weight excluding hydrogens is 414 g/mol. The van der Waals surface area contributed by atoms with E-state index in [4.69, 9.17) is 0 Å².